The Kier molecular flexibility index (Phi) is 5.43. The minimum atomic E-state index is -3.76. The minimum Gasteiger partial charge on any atom is -0.323 e. The van der Waals surface area contributed by atoms with Crippen LogP contribution < -0.4 is 16.0 Å². The van der Waals surface area contributed by atoms with Crippen molar-refractivity contribution in [2.45, 2.75) is 25.2 Å². The lowest BCUT2D eigenvalue weighted by Gasteiger charge is -2.11. The summed E-state index contributed by atoms with van der Waals surface area (Å²) >= 11 is 0. The molecule has 1 aromatic rings. The zero-order valence-corrected chi connectivity index (χ0v) is 12.1. The SMILES string of the molecule is CC(C)CCNS(=O)(=O)c1ccc([N+](=O)[O-])cc1NN. The number of hydrogen-bond acceptors (Lipinski definition) is 6. The number of rotatable bonds is 7. The van der Waals surface area contributed by atoms with Crippen molar-refractivity contribution in [2.75, 3.05) is 12.0 Å². The molecule has 0 saturated carbocycles. The highest BCUT2D eigenvalue weighted by Gasteiger charge is 2.20. The summed E-state index contributed by atoms with van der Waals surface area (Å²) in [5.74, 6) is 5.59. The quantitative estimate of drug-likeness (QED) is 0.394. The van der Waals surface area contributed by atoms with Crippen molar-refractivity contribution in [3.05, 3.63) is 28.3 Å². The maximum absolute atomic E-state index is 12.1. The van der Waals surface area contributed by atoms with Crippen molar-refractivity contribution in [3.63, 3.8) is 0 Å². The molecule has 0 heterocycles. The average Bonchev–Trinajstić information content (AvgIpc) is 2.37. The molecule has 8 nitrogen and oxygen atoms in total. The minimum absolute atomic E-state index is 0.0174. The smallest absolute Gasteiger partial charge is 0.271 e. The second-order valence-electron chi connectivity index (χ2n) is 4.66. The predicted molar refractivity (Wildman–Crippen MR) is 75.6 cm³/mol. The molecule has 112 valence electrons. The highest BCUT2D eigenvalue weighted by atomic mass is 32.2. The van der Waals surface area contributed by atoms with Gasteiger partial charge in [0.25, 0.3) is 5.69 Å². The van der Waals surface area contributed by atoms with E-state index < -0.39 is 14.9 Å². The molecule has 4 N–H and O–H groups in total. The summed E-state index contributed by atoms with van der Waals surface area (Å²) in [4.78, 5) is 9.91. The molecule has 0 fully saturated rings. The summed E-state index contributed by atoms with van der Waals surface area (Å²) < 4.78 is 26.6. The molecule has 0 unspecified atom stereocenters. The van der Waals surface area contributed by atoms with E-state index in [9.17, 15) is 18.5 Å². The molecule has 0 aromatic heterocycles. The predicted octanol–water partition coefficient (Wildman–Crippen LogP) is 1.20. The Morgan fingerprint density at radius 1 is 1.40 bits per heavy atom. The van der Waals surface area contributed by atoms with E-state index in [1.165, 1.54) is 0 Å². The molecule has 1 aromatic carbocycles. The number of nitro benzene ring substituents is 1. The molecule has 0 amide bonds. The molecular formula is C11H18N4O4S. The van der Waals surface area contributed by atoms with E-state index in [1.54, 1.807) is 0 Å². The summed E-state index contributed by atoms with van der Waals surface area (Å²) in [5.41, 5.74) is 1.92. The van der Waals surface area contributed by atoms with Crippen LogP contribution in [0, 0.1) is 16.0 Å². The van der Waals surface area contributed by atoms with E-state index in [0.717, 1.165) is 18.2 Å². The lowest BCUT2D eigenvalue weighted by atomic mass is 10.1. The van der Waals surface area contributed by atoms with Crippen LogP contribution in [-0.2, 0) is 10.0 Å². The summed E-state index contributed by atoms with van der Waals surface area (Å²) in [6.45, 7) is 4.25. The van der Waals surface area contributed by atoms with Gasteiger partial charge in [0, 0.05) is 18.7 Å². The molecule has 0 bridgehead atoms. The summed E-state index contributed by atoms with van der Waals surface area (Å²) in [6.07, 6.45) is 0.692. The number of nitrogens with one attached hydrogen (secondary N) is 2. The number of hydrogen-bond donors (Lipinski definition) is 3. The van der Waals surface area contributed by atoms with Gasteiger partial charge in [0.1, 0.15) is 4.90 Å². The van der Waals surface area contributed by atoms with Crippen molar-refractivity contribution in [1.82, 2.24) is 4.72 Å². The van der Waals surface area contributed by atoms with Crippen molar-refractivity contribution in [1.29, 1.82) is 0 Å². The van der Waals surface area contributed by atoms with Crippen LogP contribution in [0.25, 0.3) is 0 Å². The Morgan fingerprint density at radius 2 is 2.05 bits per heavy atom. The first-order valence-corrected chi connectivity index (χ1v) is 7.51. The van der Waals surface area contributed by atoms with Crippen LogP contribution in [-0.4, -0.2) is 19.9 Å². The Labute approximate surface area is 117 Å². The van der Waals surface area contributed by atoms with Crippen molar-refractivity contribution in [2.24, 2.45) is 11.8 Å². The number of sulfonamides is 1. The van der Waals surface area contributed by atoms with Gasteiger partial charge in [-0.25, -0.2) is 13.1 Å². The monoisotopic (exact) mass is 302 g/mol. The van der Waals surface area contributed by atoms with Gasteiger partial charge in [-0.15, -0.1) is 0 Å². The number of nitrogens with zero attached hydrogens (tertiary/aromatic N) is 1. The van der Waals surface area contributed by atoms with Crippen LogP contribution in [0.1, 0.15) is 20.3 Å². The zero-order chi connectivity index (χ0) is 15.3. The molecule has 0 radical (unpaired) electrons. The van der Waals surface area contributed by atoms with Gasteiger partial charge in [0.15, 0.2) is 0 Å². The fraction of sp³-hybridized carbons (Fsp3) is 0.455. The van der Waals surface area contributed by atoms with Gasteiger partial charge < -0.3 is 5.43 Å². The number of nitrogens with two attached hydrogens (primary N) is 1. The Bertz CT molecular complexity index is 586. The second-order valence-corrected chi connectivity index (χ2v) is 6.40. The lowest BCUT2D eigenvalue weighted by molar-refractivity contribution is -0.384. The molecule has 0 spiro atoms. The van der Waals surface area contributed by atoms with E-state index >= 15 is 0 Å². The van der Waals surface area contributed by atoms with Crippen LogP contribution in [0.4, 0.5) is 11.4 Å². The molecule has 0 atom stereocenters. The molecule has 9 heteroatoms. The van der Waals surface area contributed by atoms with Crippen LogP contribution >= 0.6 is 0 Å². The van der Waals surface area contributed by atoms with Gasteiger partial charge in [-0.3, -0.25) is 16.0 Å². The van der Waals surface area contributed by atoms with Crippen LogP contribution in [0.15, 0.2) is 23.1 Å². The first kappa shape index (κ1) is 16.3. The van der Waals surface area contributed by atoms with E-state index in [1.807, 2.05) is 13.8 Å². The van der Waals surface area contributed by atoms with Gasteiger partial charge in [0.05, 0.1) is 10.6 Å². The normalized spacial score (nSPS) is 11.6. The summed E-state index contributed by atoms with van der Waals surface area (Å²) in [5, 5.41) is 10.6. The fourth-order valence-electron chi connectivity index (χ4n) is 1.54. The van der Waals surface area contributed by atoms with Crippen LogP contribution in [0.2, 0.25) is 0 Å². The Hall–Kier alpha value is -1.71. The van der Waals surface area contributed by atoms with Crippen molar-refractivity contribution >= 4 is 21.4 Å². The van der Waals surface area contributed by atoms with Gasteiger partial charge in [-0.2, -0.15) is 0 Å². The second kappa shape index (κ2) is 6.64. The third-order valence-corrected chi connectivity index (χ3v) is 4.15. The first-order valence-electron chi connectivity index (χ1n) is 6.02. The maximum atomic E-state index is 12.1. The highest BCUT2D eigenvalue weighted by Crippen LogP contribution is 2.25. The molecule has 1 rings (SSSR count). The van der Waals surface area contributed by atoms with Gasteiger partial charge in [-0.05, 0) is 18.4 Å². The van der Waals surface area contributed by atoms with Gasteiger partial charge in [0.2, 0.25) is 10.0 Å². The number of nitro groups is 1. The standard InChI is InChI=1S/C11H18N4O4S/c1-8(2)5-6-13-20(18,19)11-4-3-9(15(16)17)7-10(11)14-12/h3-4,7-8,13-14H,5-6,12H2,1-2H3. The number of nitrogen functional groups attached to an aromatic ring is 1. The molecule has 0 aliphatic heterocycles. The number of non-ortho nitro benzene ring substituents is 1. The zero-order valence-electron chi connectivity index (χ0n) is 11.3. The number of hydrazine groups is 1. The largest absolute Gasteiger partial charge is 0.323 e. The van der Waals surface area contributed by atoms with Crippen LogP contribution in [0.3, 0.4) is 0 Å². The van der Waals surface area contributed by atoms with Crippen molar-refractivity contribution in [3.8, 4) is 0 Å². The maximum Gasteiger partial charge on any atom is 0.271 e. The number of anilines is 1. The molecule has 0 aliphatic carbocycles. The van der Waals surface area contributed by atoms with E-state index in [-0.39, 0.29) is 16.3 Å². The van der Waals surface area contributed by atoms with Crippen molar-refractivity contribution < 1.29 is 13.3 Å². The first-order chi connectivity index (χ1) is 9.27. The summed E-state index contributed by atoms with van der Waals surface area (Å²) in [7, 11) is -3.76. The average molecular weight is 302 g/mol. The lowest BCUT2D eigenvalue weighted by Crippen LogP contribution is -2.27. The Morgan fingerprint density at radius 3 is 2.55 bits per heavy atom. The Balaban J connectivity index is 3.02. The van der Waals surface area contributed by atoms with E-state index in [4.69, 9.17) is 5.84 Å². The third-order valence-electron chi connectivity index (χ3n) is 2.63. The number of benzene rings is 1. The topological polar surface area (TPSA) is 127 Å². The van der Waals surface area contributed by atoms with Gasteiger partial charge in [-0.1, -0.05) is 13.8 Å². The molecular weight excluding hydrogens is 284 g/mol. The molecule has 0 aliphatic rings. The third kappa shape index (κ3) is 4.15. The summed E-state index contributed by atoms with van der Waals surface area (Å²) in [6, 6.07) is 3.36. The van der Waals surface area contributed by atoms with Gasteiger partial charge >= 0.3 is 0 Å². The van der Waals surface area contributed by atoms with Crippen LogP contribution in [0.5, 0.6) is 0 Å². The molecule has 20 heavy (non-hydrogen) atoms. The van der Waals surface area contributed by atoms with E-state index in [0.29, 0.717) is 18.9 Å². The fourth-order valence-corrected chi connectivity index (χ4v) is 2.74. The van der Waals surface area contributed by atoms with E-state index in [2.05, 4.69) is 10.1 Å². The highest BCUT2D eigenvalue weighted by molar-refractivity contribution is 7.89. The molecule has 0 saturated heterocycles.